The topological polar surface area (TPSA) is 184 Å². The molecular weight excluding hydrogens is 799 g/mol. The molecule has 60 heavy (non-hydrogen) atoms. The standard InChI is InChI=1S/C43H47N3O13S/c1-8-11-54-42(51)59-28-14-22-9-10-44-43(24(22)15-27(28)52-6)17-60-39-31-30(38-37(56-18-57-38)20(3)36(31)58-21(4)47)26(16-55-41(43)50)46-33(39)32-29-23(13-25(40(46)49)45(32)5)12-19(2)35(53-7)34(29)48/h8,12,14-15,25-26,32-33,39-40,44,48-49H,1,9-11,13,16-18H2,2-7H3/t25-,26-,32+,33?,39+,40-,43+/m0/s1. The van der Waals surface area contributed by atoms with Gasteiger partial charge in [-0.1, -0.05) is 18.7 Å². The van der Waals surface area contributed by atoms with Crippen LogP contribution in [0.3, 0.4) is 0 Å². The molecule has 7 heterocycles. The Morgan fingerprint density at radius 1 is 1.03 bits per heavy atom. The highest BCUT2D eigenvalue weighted by Gasteiger charge is 2.61. The van der Waals surface area contributed by atoms with Gasteiger partial charge < -0.3 is 48.1 Å². The average molecular weight is 846 g/mol. The molecule has 0 aromatic heterocycles. The first kappa shape index (κ1) is 40.2. The molecule has 3 aromatic rings. The molecule has 2 saturated heterocycles. The zero-order chi connectivity index (χ0) is 42.4. The summed E-state index contributed by atoms with van der Waals surface area (Å²) in [6.45, 7) is 8.61. The van der Waals surface area contributed by atoms with Crippen molar-refractivity contribution in [1.29, 1.82) is 0 Å². The number of carbonyl (C=O) groups excluding carboxylic acids is 3. The van der Waals surface area contributed by atoms with Crippen LogP contribution in [-0.2, 0) is 37.4 Å². The summed E-state index contributed by atoms with van der Waals surface area (Å²) in [6, 6.07) is 2.99. The number of aliphatic hydroxyl groups is 1. The summed E-state index contributed by atoms with van der Waals surface area (Å²) >= 11 is 1.44. The van der Waals surface area contributed by atoms with Crippen molar-refractivity contribution in [2.24, 2.45) is 0 Å². The Morgan fingerprint density at radius 3 is 2.55 bits per heavy atom. The third-order valence-electron chi connectivity index (χ3n) is 12.8. The Kier molecular flexibility index (Phi) is 10.1. The maximum Gasteiger partial charge on any atom is 0.514 e. The van der Waals surface area contributed by atoms with Crippen LogP contribution in [0, 0.1) is 13.8 Å². The Labute approximate surface area is 350 Å². The van der Waals surface area contributed by atoms with Gasteiger partial charge in [0.2, 0.25) is 6.79 Å². The number of aliphatic hydroxyl groups excluding tert-OH is 1. The van der Waals surface area contributed by atoms with Crippen molar-refractivity contribution >= 4 is 29.9 Å². The molecule has 0 aliphatic carbocycles. The van der Waals surface area contributed by atoms with Gasteiger partial charge in [0, 0.05) is 47.5 Å². The molecular formula is C43H47N3O13S. The third-order valence-corrected chi connectivity index (χ3v) is 14.2. The Balaban J connectivity index is 1.26. The smallest absolute Gasteiger partial charge is 0.504 e. The highest BCUT2D eigenvalue weighted by Crippen LogP contribution is 2.64. The fraction of sp³-hybridized carbons (Fsp3) is 0.465. The Morgan fingerprint density at radius 2 is 1.82 bits per heavy atom. The molecule has 4 bridgehead atoms. The van der Waals surface area contributed by atoms with Crippen LogP contribution in [0.5, 0.6) is 40.2 Å². The highest BCUT2D eigenvalue weighted by molar-refractivity contribution is 7.99. The van der Waals surface area contributed by atoms with E-state index in [-0.39, 0.29) is 43.0 Å². The number of rotatable bonds is 6. The fourth-order valence-corrected chi connectivity index (χ4v) is 12.0. The summed E-state index contributed by atoms with van der Waals surface area (Å²) in [5.74, 6) is 0.822. The zero-order valence-corrected chi connectivity index (χ0v) is 34.9. The number of hydrogen-bond acceptors (Lipinski definition) is 17. The van der Waals surface area contributed by atoms with Crippen LogP contribution in [0.1, 0.15) is 68.8 Å². The first-order valence-corrected chi connectivity index (χ1v) is 20.8. The molecule has 7 atom stereocenters. The van der Waals surface area contributed by atoms with Gasteiger partial charge in [-0.05, 0) is 68.1 Å². The monoisotopic (exact) mass is 845 g/mol. The second-order valence-corrected chi connectivity index (χ2v) is 17.0. The van der Waals surface area contributed by atoms with Crippen LogP contribution < -0.4 is 33.7 Å². The number of esters is 2. The van der Waals surface area contributed by atoms with Gasteiger partial charge in [-0.25, -0.2) is 9.59 Å². The van der Waals surface area contributed by atoms with Gasteiger partial charge in [-0.15, -0.1) is 11.8 Å². The van der Waals surface area contributed by atoms with Gasteiger partial charge in [0.15, 0.2) is 40.0 Å². The normalized spacial score (nSPS) is 27.4. The van der Waals surface area contributed by atoms with Crippen LogP contribution in [0.4, 0.5) is 4.79 Å². The van der Waals surface area contributed by atoms with Gasteiger partial charge >= 0.3 is 18.1 Å². The van der Waals surface area contributed by atoms with E-state index in [0.29, 0.717) is 70.2 Å². The number of nitrogens with one attached hydrogen (secondary N) is 1. The molecule has 17 heteroatoms. The molecule has 0 amide bonds. The maximum absolute atomic E-state index is 14.9. The first-order chi connectivity index (χ1) is 28.8. The van der Waals surface area contributed by atoms with Crippen molar-refractivity contribution in [1.82, 2.24) is 15.1 Å². The van der Waals surface area contributed by atoms with E-state index in [1.807, 2.05) is 31.9 Å². The van der Waals surface area contributed by atoms with E-state index in [1.165, 1.54) is 39.0 Å². The number of likely N-dealkylation sites (N-methyl/N-ethyl adjacent to an activating group) is 1. The van der Waals surface area contributed by atoms with Gasteiger partial charge in [0.05, 0.1) is 37.6 Å². The van der Waals surface area contributed by atoms with Gasteiger partial charge in [-0.3, -0.25) is 19.9 Å². The van der Waals surface area contributed by atoms with Crippen molar-refractivity contribution in [3.8, 4) is 40.2 Å². The Bertz CT molecular complexity index is 2340. The number of methoxy groups -OCH3 is 2. The van der Waals surface area contributed by atoms with Crippen LogP contribution >= 0.6 is 11.8 Å². The minimum atomic E-state index is -1.45. The number of hydrogen-bond donors (Lipinski definition) is 3. The molecule has 318 valence electrons. The number of fused-ring (bicyclic) bond motifs is 9. The van der Waals surface area contributed by atoms with Crippen molar-refractivity contribution < 1.29 is 62.5 Å². The number of phenols is 1. The summed E-state index contributed by atoms with van der Waals surface area (Å²) in [5.41, 5.74) is 4.00. The lowest BCUT2D eigenvalue weighted by atomic mass is 9.73. The molecule has 0 radical (unpaired) electrons. The van der Waals surface area contributed by atoms with Crippen LogP contribution in [0.2, 0.25) is 0 Å². The third kappa shape index (κ3) is 5.91. The lowest BCUT2D eigenvalue weighted by Gasteiger charge is -2.62. The number of thioether (sulfide) groups is 1. The number of carbonyl (C=O) groups is 3. The van der Waals surface area contributed by atoms with Crippen molar-refractivity contribution in [2.45, 2.75) is 74.8 Å². The molecule has 16 nitrogen and oxygen atoms in total. The van der Waals surface area contributed by atoms with E-state index in [1.54, 1.807) is 12.1 Å². The largest absolute Gasteiger partial charge is 0.514 e. The van der Waals surface area contributed by atoms with E-state index in [2.05, 4.69) is 16.8 Å². The molecule has 3 aromatic carbocycles. The van der Waals surface area contributed by atoms with Gasteiger partial charge in [-0.2, -0.15) is 0 Å². The van der Waals surface area contributed by atoms with Gasteiger partial charge in [0.25, 0.3) is 0 Å². The molecule has 1 unspecified atom stereocenters. The summed E-state index contributed by atoms with van der Waals surface area (Å²) in [5, 5.41) is 27.6. The summed E-state index contributed by atoms with van der Waals surface area (Å²) < 4.78 is 46.9. The molecule has 7 aliphatic heterocycles. The fourth-order valence-electron chi connectivity index (χ4n) is 10.3. The second kappa shape index (κ2) is 15.1. The molecule has 2 fully saturated rings. The van der Waals surface area contributed by atoms with Crippen LogP contribution in [-0.4, -0.2) is 110 Å². The first-order valence-electron chi connectivity index (χ1n) is 19.8. The van der Waals surface area contributed by atoms with E-state index in [9.17, 15) is 24.6 Å². The number of nitrogens with zero attached hydrogens (tertiary/aromatic N) is 2. The average Bonchev–Trinajstić information content (AvgIpc) is 3.72. The quantitative estimate of drug-likeness (QED) is 0.137. The predicted octanol–water partition coefficient (Wildman–Crippen LogP) is 4.41. The molecule has 3 N–H and O–H groups in total. The second-order valence-electron chi connectivity index (χ2n) is 15.9. The molecule has 7 aliphatic rings. The Hall–Kier alpha value is -5.20. The number of aryl methyl sites for hydroxylation is 1. The van der Waals surface area contributed by atoms with Gasteiger partial charge in [0.1, 0.15) is 25.2 Å². The number of phenolic OH excluding ortho intramolecular Hbond substituents is 1. The summed E-state index contributed by atoms with van der Waals surface area (Å²) in [7, 11) is 4.91. The number of benzene rings is 3. The van der Waals surface area contributed by atoms with Crippen LogP contribution in [0.25, 0.3) is 0 Å². The maximum atomic E-state index is 14.9. The number of piperazine rings is 1. The lowest BCUT2D eigenvalue weighted by molar-refractivity contribution is -0.186. The summed E-state index contributed by atoms with van der Waals surface area (Å²) in [6.07, 6.45) is 0.327. The minimum absolute atomic E-state index is 0.0173. The minimum Gasteiger partial charge on any atom is -0.504 e. The van der Waals surface area contributed by atoms with Crippen molar-refractivity contribution in [2.75, 3.05) is 53.6 Å². The molecule has 1 spiro atoms. The van der Waals surface area contributed by atoms with E-state index in [0.717, 1.165) is 16.7 Å². The predicted molar refractivity (Wildman–Crippen MR) is 215 cm³/mol. The number of aromatic hydroxyl groups is 1. The van der Waals surface area contributed by atoms with Crippen molar-refractivity contribution in [3.05, 3.63) is 75.4 Å². The lowest BCUT2D eigenvalue weighted by Crippen LogP contribution is -2.70. The highest BCUT2D eigenvalue weighted by atomic mass is 32.2. The number of ether oxygens (including phenoxy) is 8. The van der Waals surface area contributed by atoms with E-state index < -0.39 is 59.3 Å². The molecule has 0 saturated carbocycles. The molecule has 10 rings (SSSR count). The summed E-state index contributed by atoms with van der Waals surface area (Å²) in [4.78, 5) is 44.5. The van der Waals surface area contributed by atoms with Crippen LogP contribution in [0.15, 0.2) is 30.9 Å². The van der Waals surface area contributed by atoms with E-state index >= 15 is 0 Å². The van der Waals surface area contributed by atoms with Crippen molar-refractivity contribution in [3.63, 3.8) is 0 Å². The van der Waals surface area contributed by atoms with E-state index in [4.69, 9.17) is 37.9 Å². The SMILES string of the molecule is C=CCOC(=O)Oc1cc2c(cc1OC)[C@@]1(CS[C@@H]3c4c(OC(C)=O)c(C)c5c(c4[C@H](COC1=O)N1C3[C@H]3c4c(cc(C)c(OC)c4O)C[C@@H]([C@@H]1O)N3C)OCO5)NCC2. The zero-order valence-electron chi connectivity index (χ0n) is 34.1.